The summed E-state index contributed by atoms with van der Waals surface area (Å²) in [5.41, 5.74) is 2.11. The number of para-hydroxylation sites is 1. The summed E-state index contributed by atoms with van der Waals surface area (Å²) in [6.07, 6.45) is 0. The number of rotatable bonds is 2. The van der Waals surface area contributed by atoms with Gasteiger partial charge in [0.2, 0.25) is 5.91 Å². The van der Waals surface area contributed by atoms with E-state index in [0.29, 0.717) is 26.4 Å². The van der Waals surface area contributed by atoms with Gasteiger partial charge < -0.3 is 14.4 Å². The summed E-state index contributed by atoms with van der Waals surface area (Å²) in [5, 5.41) is 0. The SMILES string of the molecule is O=C([C@H]1COc2ccccc21)N1CCOC[C@@H]1c1ccccc1. The summed E-state index contributed by atoms with van der Waals surface area (Å²) < 4.78 is 11.3. The molecule has 1 saturated heterocycles. The second-order valence-corrected chi connectivity index (χ2v) is 5.93. The van der Waals surface area contributed by atoms with Gasteiger partial charge in [-0.1, -0.05) is 48.5 Å². The number of fused-ring (bicyclic) bond motifs is 1. The predicted octanol–water partition coefficient (Wildman–Crippen LogP) is 2.76. The number of ether oxygens (including phenoxy) is 2. The molecular formula is C19H19NO3. The molecule has 0 saturated carbocycles. The number of nitrogens with zero attached hydrogens (tertiary/aromatic N) is 1. The van der Waals surface area contributed by atoms with Gasteiger partial charge in [-0.2, -0.15) is 0 Å². The number of hydrogen-bond donors (Lipinski definition) is 0. The van der Waals surface area contributed by atoms with Crippen LogP contribution in [0.25, 0.3) is 0 Å². The van der Waals surface area contributed by atoms with Gasteiger partial charge in [0.05, 0.1) is 19.3 Å². The van der Waals surface area contributed by atoms with Crippen LogP contribution >= 0.6 is 0 Å². The molecule has 0 bridgehead atoms. The minimum absolute atomic E-state index is 0.0230. The molecule has 0 unspecified atom stereocenters. The summed E-state index contributed by atoms with van der Waals surface area (Å²) in [4.78, 5) is 15.1. The fourth-order valence-corrected chi connectivity index (χ4v) is 3.39. The highest BCUT2D eigenvalue weighted by Crippen LogP contribution is 2.36. The summed E-state index contributed by atoms with van der Waals surface area (Å²) in [6, 6.07) is 17.9. The molecule has 0 spiro atoms. The predicted molar refractivity (Wildman–Crippen MR) is 86.4 cm³/mol. The van der Waals surface area contributed by atoms with Crippen molar-refractivity contribution >= 4 is 5.91 Å². The van der Waals surface area contributed by atoms with Crippen LogP contribution in [0.3, 0.4) is 0 Å². The Hall–Kier alpha value is -2.33. The number of hydrogen-bond acceptors (Lipinski definition) is 3. The number of benzene rings is 2. The number of morpholine rings is 1. The van der Waals surface area contributed by atoms with E-state index in [0.717, 1.165) is 16.9 Å². The van der Waals surface area contributed by atoms with Crippen LogP contribution in [-0.4, -0.2) is 37.2 Å². The molecule has 0 N–H and O–H groups in total. The number of amides is 1. The molecule has 23 heavy (non-hydrogen) atoms. The zero-order chi connectivity index (χ0) is 15.6. The first-order chi connectivity index (χ1) is 11.3. The average molecular weight is 309 g/mol. The second kappa shape index (κ2) is 6.05. The lowest BCUT2D eigenvalue weighted by Gasteiger charge is -2.37. The summed E-state index contributed by atoms with van der Waals surface area (Å²) in [6.45, 7) is 2.18. The van der Waals surface area contributed by atoms with Crippen LogP contribution in [0.2, 0.25) is 0 Å². The molecule has 0 aromatic heterocycles. The van der Waals surface area contributed by atoms with Crippen molar-refractivity contribution in [3.8, 4) is 5.75 Å². The van der Waals surface area contributed by atoms with E-state index in [-0.39, 0.29) is 17.9 Å². The largest absolute Gasteiger partial charge is 0.492 e. The van der Waals surface area contributed by atoms with Crippen molar-refractivity contribution in [1.82, 2.24) is 4.90 Å². The van der Waals surface area contributed by atoms with E-state index in [2.05, 4.69) is 12.1 Å². The smallest absolute Gasteiger partial charge is 0.234 e. The van der Waals surface area contributed by atoms with Crippen LogP contribution in [-0.2, 0) is 9.53 Å². The van der Waals surface area contributed by atoms with Crippen LogP contribution in [0.4, 0.5) is 0 Å². The molecule has 4 rings (SSSR count). The Morgan fingerprint density at radius 3 is 2.65 bits per heavy atom. The zero-order valence-corrected chi connectivity index (χ0v) is 12.9. The van der Waals surface area contributed by atoms with Gasteiger partial charge in [-0.15, -0.1) is 0 Å². The highest BCUT2D eigenvalue weighted by atomic mass is 16.5. The number of carbonyl (C=O) groups is 1. The first kappa shape index (κ1) is 14.3. The average Bonchev–Trinajstić information content (AvgIpc) is 3.06. The molecule has 118 valence electrons. The molecule has 2 heterocycles. The molecule has 0 aliphatic carbocycles. The van der Waals surface area contributed by atoms with Crippen LogP contribution < -0.4 is 4.74 Å². The molecule has 2 aromatic carbocycles. The minimum Gasteiger partial charge on any atom is -0.492 e. The Balaban J connectivity index is 1.62. The maximum absolute atomic E-state index is 13.1. The standard InChI is InChI=1S/C19H19NO3/c21-19(16-12-23-18-9-5-4-8-15(16)18)20-10-11-22-13-17(20)14-6-2-1-3-7-14/h1-9,16-17H,10-13H2/t16-,17+/m0/s1. The van der Waals surface area contributed by atoms with Crippen LogP contribution in [0, 0.1) is 0 Å². The van der Waals surface area contributed by atoms with E-state index in [1.165, 1.54) is 0 Å². The number of carbonyl (C=O) groups excluding carboxylic acids is 1. The van der Waals surface area contributed by atoms with E-state index in [1.807, 2.05) is 47.4 Å². The third kappa shape index (κ3) is 2.59. The normalized spacial score (nSPS) is 23.2. The third-order valence-corrected chi connectivity index (χ3v) is 4.59. The van der Waals surface area contributed by atoms with Gasteiger partial charge in [0.15, 0.2) is 0 Å². The molecular weight excluding hydrogens is 290 g/mol. The maximum Gasteiger partial charge on any atom is 0.234 e. The van der Waals surface area contributed by atoms with Gasteiger partial charge >= 0.3 is 0 Å². The van der Waals surface area contributed by atoms with Gasteiger partial charge in [-0.3, -0.25) is 4.79 Å². The van der Waals surface area contributed by atoms with Crippen LogP contribution in [0.15, 0.2) is 54.6 Å². The van der Waals surface area contributed by atoms with E-state index in [1.54, 1.807) is 0 Å². The zero-order valence-electron chi connectivity index (χ0n) is 12.9. The van der Waals surface area contributed by atoms with Crippen molar-refractivity contribution in [2.75, 3.05) is 26.4 Å². The molecule has 0 radical (unpaired) electrons. The Morgan fingerprint density at radius 2 is 1.78 bits per heavy atom. The minimum atomic E-state index is -0.212. The fourth-order valence-electron chi connectivity index (χ4n) is 3.39. The highest BCUT2D eigenvalue weighted by Gasteiger charge is 2.37. The first-order valence-electron chi connectivity index (χ1n) is 7.99. The molecule has 2 aliphatic rings. The Kier molecular flexibility index (Phi) is 3.75. The quantitative estimate of drug-likeness (QED) is 0.856. The molecule has 4 nitrogen and oxygen atoms in total. The first-order valence-corrected chi connectivity index (χ1v) is 7.99. The third-order valence-electron chi connectivity index (χ3n) is 4.59. The van der Waals surface area contributed by atoms with Crippen molar-refractivity contribution in [2.45, 2.75) is 12.0 Å². The van der Waals surface area contributed by atoms with Crippen molar-refractivity contribution in [2.24, 2.45) is 0 Å². The van der Waals surface area contributed by atoms with Crippen molar-refractivity contribution in [3.63, 3.8) is 0 Å². The van der Waals surface area contributed by atoms with Gasteiger partial charge in [0.1, 0.15) is 18.3 Å². The van der Waals surface area contributed by atoms with E-state index in [9.17, 15) is 4.79 Å². The summed E-state index contributed by atoms with van der Waals surface area (Å²) in [7, 11) is 0. The van der Waals surface area contributed by atoms with Crippen molar-refractivity contribution in [1.29, 1.82) is 0 Å². The van der Waals surface area contributed by atoms with Gasteiger partial charge in [0, 0.05) is 12.1 Å². The second-order valence-electron chi connectivity index (χ2n) is 5.93. The van der Waals surface area contributed by atoms with Crippen molar-refractivity contribution in [3.05, 3.63) is 65.7 Å². The maximum atomic E-state index is 13.1. The summed E-state index contributed by atoms with van der Waals surface area (Å²) >= 11 is 0. The van der Waals surface area contributed by atoms with E-state index < -0.39 is 0 Å². The molecule has 2 atom stereocenters. The topological polar surface area (TPSA) is 38.8 Å². The van der Waals surface area contributed by atoms with Gasteiger partial charge in [0.25, 0.3) is 0 Å². The lowest BCUT2D eigenvalue weighted by atomic mass is 9.97. The van der Waals surface area contributed by atoms with E-state index >= 15 is 0 Å². The lowest BCUT2D eigenvalue weighted by Crippen LogP contribution is -2.45. The van der Waals surface area contributed by atoms with Crippen LogP contribution in [0.5, 0.6) is 5.75 Å². The lowest BCUT2D eigenvalue weighted by molar-refractivity contribution is -0.142. The van der Waals surface area contributed by atoms with E-state index in [4.69, 9.17) is 9.47 Å². The molecule has 4 heteroatoms. The van der Waals surface area contributed by atoms with Gasteiger partial charge in [-0.25, -0.2) is 0 Å². The highest BCUT2D eigenvalue weighted by molar-refractivity contribution is 5.86. The Morgan fingerprint density at radius 1 is 1.00 bits per heavy atom. The fraction of sp³-hybridized carbons (Fsp3) is 0.316. The summed E-state index contributed by atoms with van der Waals surface area (Å²) in [5.74, 6) is 0.748. The molecule has 2 aromatic rings. The van der Waals surface area contributed by atoms with Crippen LogP contribution in [0.1, 0.15) is 23.1 Å². The molecule has 1 amide bonds. The molecule has 2 aliphatic heterocycles. The Labute approximate surface area is 135 Å². The Bertz CT molecular complexity index is 701. The molecule has 1 fully saturated rings. The van der Waals surface area contributed by atoms with Crippen molar-refractivity contribution < 1.29 is 14.3 Å². The van der Waals surface area contributed by atoms with Gasteiger partial charge in [-0.05, 0) is 11.6 Å². The monoisotopic (exact) mass is 309 g/mol.